The standard InChI is InChI=1S/C39H58N2O9/c1-6-8-10-13-16-19-32(43)20-17-14-11-12-15-18-21-34(39(48,38(46)47)26-28-49-30(3)42)36(44)40-35(37(45)41(4)5)29-31-22-24-33(25-23-31)50-27-9-7-2/h18,21-25,34-35,48H,6,8,10-17,19-20,26-29H2,1-5H3,(H,40,44)(H,46,47)/b21-18+/t34-,35+,39+/m1/s1. The first-order valence-corrected chi connectivity index (χ1v) is 17.8. The van der Waals surface area contributed by atoms with Crippen LogP contribution in [0.1, 0.15) is 110 Å². The number of rotatable bonds is 26. The van der Waals surface area contributed by atoms with E-state index >= 15 is 0 Å². The quantitative estimate of drug-likeness (QED) is 0.0497. The molecule has 0 unspecified atom stereocenters. The number of ketones is 1. The van der Waals surface area contributed by atoms with Crippen molar-refractivity contribution in [3.8, 4) is 17.6 Å². The predicted octanol–water partition coefficient (Wildman–Crippen LogP) is 5.42. The molecule has 0 aliphatic rings. The molecule has 1 aromatic carbocycles. The number of likely N-dealkylation sites (N-methyl/N-ethyl adjacent to an activating group) is 1. The number of nitrogens with zero attached hydrogens (tertiary/aromatic N) is 1. The minimum atomic E-state index is -2.63. The Bertz CT molecular complexity index is 1300. The lowest BCUT2D eigenvalue weighted by Crippen LogP contribution is -2.56. The van der Waals surface area contributed by atoms with Gasteiger partial charge in [-0.3, -0.25) is 19.2 Å². The molecule has 0 aliphatic heterocycles. The number of carbonyl (C=O) groups is 5. The number of ether oxygens (including phenoxy) is 2. The molecule has 1 aromatic rings. The van der Waals surface area contributed by atoms with Gasteiger partial charge in [-0.1, -0.05) is 75.7 Å². The molecule has 0 fully saturated rings. The molecule has 2 amide bonds. The van der Waals surface area contributed by atoms with Gasteiger partial charge < -0.3 is 29.9 Å². The van der Waals surface area contributed by atoms with Gasteiger partial charge in [0.25, 0.3) is 0 Å². The molecule has 1 rings (SSSR count). The zero-order valence-electron chi connectivity index (χ0n) is 30.6. The number of allylic oxidation sites excluding steroid dienone is 1. The predicted molar refractivity (Wildman–Crippen MR) is 192 cm³/mol. The van der Waals surface area contributed by atoms with Crippen molar-refractivity contribution in [3.05, 3.63) is 42.0 Å². The molecule has 50 heavy (non-hydrogen) atoms. The Morgan fingerprint density at radius 1 is 0.960 bits per heavy atom. The number of carboxylic acid groups (broad SMARTS) is 1. The van der Waals surface area contributed by atoms with E-state index < -0.39 is 54.3 Å². The minimum Gasteiger partial charge on any atom is -0.481 e. The molecule has 3 atom stereocenters. The zero-order chi connectivity index (χ0) is 37.4. The van der Waals surface area contributed by atoms with Crippen LogP contribution in [-0.4, -0.2) is 83.6 Å². The zero-order valence-corrected chi connectivity index (χ0v) is 30.6. The fraction of sp³-hybridized carbons (Fsp3) is 0.615. The Kier molecular flexibility index (Phi) is 21.8. The Labute approximate surface area is 298 Å². The molecule has 11 nitrogen and oxygen atoms in total. The van der Waals surface area contributed by atoms with Crippen LogP contribution in [-0.2, 0) is 35.1 Å². The van der Waals surface area contributed by atoms with Crippen LogP contribution in [0, 0.1) is 17.8 Å². The molecule has 11 heteroatoms. The maximum Gasteiger partial charge on any atom is 0.336 e. The van der Waals surface area contributed by atoms with Gasteiger partial charge in [-0.05, 0) is 50.3 Å². The molecule has 0 radical (unpaired) electrons. The van der Waals surface area contributed by atoms with Crippen LogP contribution in [0.3, 0.4) is 0 Å². The van der Waals surface area contributed by atoms with E-state index in [1.165, 1.54) is 30.2 Å². The lowest BCUT2D eigenvalue weighted by atomic mass is 9.83. The van der Waals surface area contributed by atoms with Crippen molar-refractivity contribution in [1.82, 2.24) is 10.2 Å². The third kappa shape index (κ3) is 17.5. The number of aliphatic carboxylic acids is 1. The smallest absolute Gasteiger partial charge is 0.336 e. The first kappa shape index (κ1) is 43.9. The lowest BCUT2D eigenvalue weighted by molar-refractivity contribution is -0.170. The molecular weight excluding hydrogens is 640 g/mol. The van der Waals surface area contributed by atoms with Crippen molar-refractivity contribution in [2.75, 3.05) is 27.3 Å². The van der Waals surface area contributed by atoms with Crippen LogP contribution in [0.2, 0.25) is 0 Å². The number of benzene rings is 1. The van der Waals surface area contributed by atoms with Crippen molar-refractivity contribution in [1.29, 1.82) is 0 Å². The van der Waals surface area contributed by atoms with E-state index in [4.69, 9.17) is 9.47 Å². The SMILES string of the molecule is CC#CCOc1ccc(C[C@H](NC(=O)[C@@H](/C=C/CCCCCCC(=O)CCCCCCC)[C@@](O)(CCOC(C)=O)C(=O)O)C(=O)N(C)C)cc1. The van der Waals surface area contributed by atoms with E-state index in [-0.39, 0.29) is 13.0 Å². The highest BCUT2D eigenvalue weighted by Crippen LogP contribution is 2.26. The second kappa shape index (κ2) is 24.9. The second-order valence-electron chi connectivity index (χ2n) is 12.7. The topological polar surface area (TPSA) is 160 Å². The van der Waals surface area contributed by atoms with Crippen LogP contribution >= 0.6 is 0 Å². The minimum absolute atomic E-state index is 0.0918. The van der Waals surface area contributed by atoms with E-state index in [0.717, 1.165) is 45.4 Å². The number of hydrogen-bond acceptors (Lipinski definition) is 8. The van der Waals surface area contributed by atoms with Crippen molar-refractivity contribution in [3.63, 3.8) is 0 Å². The van der Waals surface area contributed by atoms with Gasteiger partial charge in [0.15, 0.2) is 5.60 Å². The number of nitrogens with one attached hydrogen (secondary N) is 1. The maximum absolute atomic E-state index is 13.8. The van der Waals surface area contributed by atoms with E-state index in [9.17, 15) is 34.2 Å². The summed E-state index contributed by atoms with van der Waals surface area (Å²) in [6.45, 7) is 4.84. The summed E-state index contributed by atoms with van der Waals surface area (Å²) in [4.78, 5) is 64.2. The summed E-state index contributed by atoms with van der Waals surface area (Å²) in [5, 5.41) is 24.1. The molecule has 0 heterocycles. The summed E-state index contributed by atoms with van der Waals surface area (Å²) in [7, 11) is 3.09. The van der Waals surface area contributed by atoms with E-state index in [1.54, 1.807) is 51.4 Å². The van der Waals surface area contributed by atoms with Gasteiger partial charge in [-0.2, -0.15) is 0 Å². The summed E-state index contributed by atoms with van der Waals surface area (Å²) >= 11 is 0. The third-order valence-corrected chi connectivity index (χ3v) is 8.33. The molecule has 0 bridgehead atoms. The van der Waals surface area contributed by atoms with Crippen molar-refractivity contribution >= 4 is 29.5 Å². The fourth-order valence-corrected chi connectivity index (χ4v) is 5.35. The molecule has 278 valence electrons. The molecular formula is C39H58N2O9. The van der Waals surface area contributed by atoms with Crippen LogP contribution < -0.4 is 10.1 Å². The largest absolute Gasteiger partial charge is 0.481 e. The first-order chi connectivity index (χ1) is 23.8. The normalized spacial score (nSPS) is 13.3. The van der Waals surface area contributed by atoms with Crippen LogP contribution in [0.5, 0.6) is 5.75 Å². The number of aliphatic hydroxyl groups is 1. The summed E-state index contributed by atoms with van der Waals surface area (Å²) < 4.78 is 10.4. The highest BCUT2D eigenvalue weighted by molar-refractivity contribution is 5.93. The number of amides is 2. The number of unbranched alkanes of at least 4 members (excludes halogenated alkanes) is 8. The van der Waals surface area contributed by atoms with Gasteiger partial charge >= 0.3 is 11.9 Å². The van der Waals surface area contributed by atoms with Gasteiger partial charge in [-0.25, -0.2) is 4.79 Å². The third-order valence-electron chi connectivity index (χ3n) is 8.33. The summed E-state index contributed by atoms with van der Waals surface area (Å²) in [6.07, 6.45) is 13.1. The number of carbonyl (C=O) groups excluding carboxylic acids is 4. The Morgan fingerprint density at radius 3 is 2.14 bits per heavy atom. The van der Waals surface area contributed by atoms with Crippen molar-refractivity contribution < 1.29 is 43.7 Å². The van der Waals surface area contributed by atoms with Crippen LogP contribution in [0.4, 0.5) is 0 Å². The fourth-order valence-electron chi connectivity index (χ4n) is 5.35. The van der Waals surface area contributed by atoms with Crippen LogP contribution in [0.15, 0.2) is 36.4 Å². The highest BCUT2D eigenvalue weighted by atomic mass is 16.5. The molecule has 0 aromatic heterocycles. The Balaban J connectivity index is 3.01. The first-order valence-electron chi connectivity index (χ1n) is 17.8. The summed E-state index contributed by atoms with van der Waals surface area (Å²) in [5.74, 6) is 1.24. The van der Waals surface area contributed by atoms with E-state index in [1.807, 2.05) is 0 Å². The molecule has 0 aliphatic carbocycles. The molecule has 0 saturated heterocycles. The summed E-state index contributed by atoms with van der Waals surface area (Å²) in [5.41, 5.74) is -1.91. The van der Waals surface area contributed by atoms with Gasteiger partial charge in [0, 0.05) is 46.7 Å². The second-order valence-corrected chi connectivity index (χ2v) is 12.7. The van der Waals surface area contributed by atoms with E-state index in [2.05, 4.69) is 24.1 Å². The Morgan fingerprint density at radius 2 is 1.58 bits per heavy atom. The average Bonchev–Trinajstić information content (AvgIpc) is 3.07. The number of carboxylic acids is 1. The van der Waals surface area contributed by atoms with Gasteiger partial charge in [0.1, 0.15) is 24.2 Å². The lowest BCUT2D eigenvalue weighted by Gasteiger charge is -2.31. The monoisotopic (exact) mass is 698 g/mol. The van der Waals surface area contributed by atoms with Crippen molar-refractivity contribution in [2.24, 2.45) is 5.92 Å². The molecule has 0 saturated carbocycles. The van der Waals surface area contributed by atoms with Crippen molar-refractivity contribution in [2.45, 2.75) is 122 Å². The Hall–Kier alpha value is -4.17. The maximum atomic E-state index is 13.8. The molecule has 0 spiro atoms. The molecule has 3 N–H and O–H groups in total. The van der Waals surface area contributed by atoms with E-state index in [0.29, 0.717) is 36.4 Å². The van der Waals surface area contributed by atoms with Gasteiger partial charge in [0.05, 0.1) is 12.5 Å². The number of Topliss-reactive ketones (excluding diaryl/α,β-unsaturated/α-hetero) is 1. The van der Waals surface area contributed by atoms with Gasteiger partial charge in [0.2, 0.25) is 11.8 Å². The number of esters is 1. The highest BCUT2D eigenvalue weighted by Gasteiger charge is 2.47. The average molecular weight is 699 g/mol. The van der Waals surface area contributed by atoms with Crippen LogP contribution in [0.25, 0.3) is 0 Å². The summed E-state index contributed by atoms with van der Waals surface area (Å²) in [6, 6.07) is 5.89. The number of hydrogen-bond donors (Lipinski definition) is 3. The van der Waals surface area contributed by atoms with Gasteiger partial charge in [-0.15, -0.1) is 5.92 Å².